The summed E-state index contributed by atoms with van der Waals surface area (Å²) in [6, 6.07) is 16.0. The van der Waals surface area contributed by atoms with E-state index in [1.54, 1.807) is 24.3 Å². The van der Waals surface area contributed by atoms with Crippen LogP contribution in [0.2, 0.25) is 10.3 Å². The highest BCUT2D eigenvalue weighted by Crippen LogP contribution is 2.39. The Morgan fingerprint density at radius 2 is 1.29 bits per heavy atom. The molecule has 0 aliphatic carbocycles. The first-order valence-electron chi connectivity index (χ1n) is 7.76. The molecule has 0 atom stereocenters. The van der Waals surface area contributed by atoms with Gasteiger partial charge in [-0.15, -0.1) is 10.2 Å². The second kappa shape index (κ2) is 5.84. The van der Waals surface area contributed by atoms with Gasteiger partial charge in [0, 0.05) is 15.2 Å². The van der Waals surface area contributed by atoms with Crippen LogP contribution >= 0.6 is 23.2 Å². The molecule has 0 aliphatic rings. The summed E-state index contributed by atoms with van der Waals surface area (Å²) in [4.78, 5) is 0. The van der Waals surface area contributed by atoms with Gasteiger partial charge in [-0.25, -0.2) is 0 Å². The van der Waals surface area contributed by atoms with E-state index in [1.807, 2.05) is 30.3 Å². The molecule has 0 N–H and O–H groups in total. The number of aryl methyl sites for hydroxylation is 1. The molecule has 0 unspecified atom stereocenters. The molecule has 0 spiro atoms. The average Bonchev–Trinajstić information content (AvgIpc) is 2.57. The van der Waals surface area contributed by atoms with Crippen LogP contribution < -0.4 is 0 Å². The van der Waals surface area contributed by atoms with Gasteiger partial charge in [0.1, 0.15) is 0 Å². The molecule has 0 fully saturated rings. The van der Waals surface area contributed by atoms with Crippen LogP contribution in [0.25, 0.3) is 22.3 Å². The van der Waals surface area contributed by atoms with E-state index in [-0.39, 0.29) is 15.9 Å². The third-order valence-corrected chi connectivity index (χ3v) is 3.65. The summed E-state index contributed by atoms with van der Waals surface area (Å²) in [5.74, 6) is 0. The van der Waals surface area contributed by atoms with E-state index in [9.17, 15) is 0 Å². The number of hydrogen-bond acceptors (Lipinski definition) is 2. The van der Waals surface area contributed by atoms with Gasteiger partial charge in [0.05, 0.1) is 0 Å². The Balaban J connectivity index is 2.20. The number of halogens is 2. The molecule has 104 valence electrons. The molecule has 21 heavy (non-hydrogen) atoms. The zero-order valence-corrected chi connectivity index (χ0v) is 12.4. The van der Waals surface area contributed by atoms with Crippen LogP contribution in [0.3, 0.4) is 0 Å². The number of benzene rings is 2. The lowest BCUT2D eigenvalue weighted by atomic mass is 9.97. The van der Waals surface area contributed by atoms with Gasteiger partial charge in [0.2, 0.25) is 0 Å². The lowest BCUT2D eigenvalue weighted by Crippen LogP contribution is -1.94. The highest BCUT2D eigenvalue weighted by Gasteiger charge is 2.17. The van der Waals surface area contributed by atoms with E-state index < -0.39 is 6.85 Å². The molecule has 0 amide bonds. The Morgan fingerprint density at radius 3 is 1.81 bits per heavy atom. The van der Waals surface area contributed by atoms with Gasteiger partial charge in [-0.3, -0.25) is 0 Å². The molecule has 0 saturated heterocycles. The summed E-state index contributed by atoms with van der Waals surface area (Å²) in [5.41, 5.74) is 3.13. The van der Waals surface area contributed by atoms with E-state index in [0.717, 1.165) is 11.1 Å². The molecular formula is C17H12Cl2N2. The Hall–Kier alpha value is -1.90. The molecule has 2 nitrogen and oxygen atoms in total. The van der Waals surface area contributed by atoms with Crippen molar-refractivity contribution in [1.82, 2.24) is 10.2 Å². The van der Waals surface area contributed by atoms with Crippen molar-refractivity contribution in [3.63, 3.8) is 0 Å². The van der Waals surface area contributed by atoms with E-state index >= 15 is 0 Å². The summed E-state index contributed by atoms with van der Waals surface area (Å²) in [6.45, 7) is -2.15. The third-order valence-electron chi connectivity index (χ3n) is 3.12. The van der Waals surface area contributed by atoms with E-state index in [0.29, 0.717) is 11.1 Å². The predicted molar refractivity (Wildman–Crippen MR) is 87.7 cm³/mol. The average molecular weight is 318 g/mol. The standard InChI is InChI=1S/C17H12Cl2N2/c1-11-7-9-13(10-8-11)15-14(12-5-3-2-4-6-12)16(18)20-21-17(15)19/h2-10H,1H3/i1D3. The van der Waals surface area contributed by atoms with Gasteiger partial charge in [-0.1, -0.05) is 83.4 Å². The minimum Gasteiger partial charge on any atom is -0.136 e. The van der Waals surface area contributed by atoms with Crippen LogP contribution in [0, 0.1) is 6.85 Å². The second-order valence-electron chi connectivity index (χ2n) is 4.47. The molecule has 4 heteroatoms. The van der Waals surface area contributed by atoms with Crippen LogP contribution in [0.4, 0.5) is 0 Å². The fraction of sp³-hybridized carbons (Fsp3) is 0.0588. The summed E-state index contributed by atoms with van der Waals surface area (Å²) < 4.78 is 22.4. The molecule has 1 aromatic heterocycles. The monoisotopic (exact) mass is 317 g/mol. The maximum Gasteiger partial charge on any atom is 0.160 e. The normalized spacial score (nSPS) is 13.3. The molecule has 0 saturated carbocycles. The molecule has 0 radical (unpaired) electrons. The smallest absolute Gasteiger partial charge is 0.136 e. The fourth-order valence-corrected chi connectivity index (χ4v) is 2.65. The molecule has 0 bridgehead atoms. The first kappa shape index (κ1) is 10.8. The minimum atomic E-state index is -2.15. The van der Waals surface area contributed by atoms with Gasteiger partial charge in [-0.05, 0) is 18.0 Å². The highest BCUT2D eigenvalue weighted by atomic mass is 35.5. The molecule has 3 rings (SSSR count). The van der Waals surface area contributed by atoms with E-state index in [1.165, 1.54) is 0 Å². The summed E-state index contributed by atoms with van der Waals surface area (Å²) >= 11 is 12.5. The molecule has 2 aromatic carbocycles. The van der Waals surface area contributed by atoms with Gasteiger partial charge >= 0.3 is 0 Å². The van der Waals surface area contributed by atoms with Crippen LogP contribution in [0.5, 0.6) is 0 Å². The van der Waals surface area contributed by atoms with Crippen LogP contribution in [-0.4, -0.2) is 10.2 Å². The molecule has 0 aliphatic heterocycles. The van der Waals surface area contributed by atoms with E-state index in [4.69, 9.17) is 27.3 Å². The fourth-order valence-electron chi connectivity index (χ4n) is 2.16. The van der Waals surface area contributed by atoms with Crippen molar-refractivity contribution in [2.24, 2.45) is 0 Å². The lowest BCUT2D eigenvalue weighted by Gasteiger charge is -2.12. The van der Waals surface area contributed by atoms with Crippen molar-refractivity contribution < 1.29 is 4.11 Å². The first-order valence-corrected chi connectivity index (χ1v) is 7.01. The largest absolute Gasteiger partial charge is 0.160 e. The maximum atomic E-state index is 7.46. The van der Waals surface area contributed by atoms with Crippen molar-refractivity contribution in [1.29, 1.82) is 0 Å². The predicted octanol–water partition coefficient (Wildman–Crippen LogP) is 5.43. The Bertz CT molecular complexity index is 863. The van der Waals surface area contributed by atoms with Crippen molar-refractivity contribution in [3.05, 3.63) is 70.5 Å². The number of rotatable bonds is 2. The number of nitrogens with zero attached hydrogens (tertiary/aromatic N) is 2. The van der Waals surface area contributed by atoms with Crippen LogP contribution in [-0.2, 0) is 0 Å². The zero-order chi connectivity index (χ0) is 17.3. The quantitative estimate of drug-likeness (QED) is 0.630. The van der Waals surface area contributed by atoms with Crippen molar-refractivity contribution in [3.8, 4) is 22.3 Å². The third kappa shape index (κ3) is 2.78. The summed E-state index contributed by atoms with van der Waals surface area (Å²) in [5, 5.41) is 8.22. The van der Waals surface area contributed by atoms with Crippen molar-refractivity contribution in [2.45, 2.75) is 6.85 Å². The minimum absolute atomic E-state index is 0.208. The van der Waals surface area contributed by atoms with Crippen molar-refractivity contribution in [2.75, 3.05) is 0 Å². The van der Waals surface area contributed by atoms with Gasteiger partial charge in [0.25, 0.3) is 0 Å². The Morgan fingerprint density at radius 1 is 0.762 bits per heavy atom. The lowest BCUT2D eigenvalue weighted by molar-refractivity contribution is 1.04. The summed E-state index contributed by atoms with van der Waals surface area (Å²) in [7, 11) is 0. The van der Waals surface area contributed by atoms with Gasteiger partial charge in [0.15, 0.2) is 10.3 Å². The van der Waals surface area contributed by atoms with E-state index in [2.05, 4.69) is 10.2 Å². The Kier molecular flexibility index (Phi) is 3.00. The van der Waals surface area contributed by atoms with Gasteiger partial charge in [-0.2, -0.15) is 0 Å². The zero-order valence-electron chi connectivity index (χ0n) is 13.8. The second-order valence-corrected chi connectivity index (χ2v) is 5.19. The van der Waals surface area contributed by atoms with Crippen LogP contribution in [0.1, 0.15) is 9.68 Å². The topological polar surface area (TPSA) is 25.8 Å². The number of aromatic nitrogens is 2. The summed E-state index contributed by atoms with van der Waals surface area (Å²) in [6.07, 6.45) is 0. The number of hydrogen-bond donors (Lipinski definition) is 0. The van der Waals surface area contributed by atoms with Crippen molar-refractivity contribution >= 4 is 23.2 Å². The van der Waals surface area contributed by atoms with Crippen LogP contribution in [0.15, 0.2) is 54.6 Å². The maximum absolute atomic E-state index is 7.46. The molecular weight excluding hydrogens is 303 g/mol. The SMILES string of the molecule is [2H]C([2H])([2H])c1ccc(-c2c(Cl)nnc(Cl)c2-c2ccccc2)cc1. The molecule has 3 aromatic rings. The molecule has 1 heterocycles. The first-order chi connectivity index (χ1) is 11.4. The Labute approximate surface area is 137 Å². The van der Waals surface area contributed by atoms with Gasteiger partial charge < -0.3 is 0 Å². The highest BCUT2D eigenvalue weighted by molar-refractivity contribution is 6.36.